The minimum absolute atomic E-state index is 0.0986. The lowest BCUT2D eigenvalue weighted by atomic mass is 9.65. The first-order valence-corrected chi connectivity index (χ1v) is 17.8. The number of nitrogens with one attached hydrogen (secondary N) is 4. The number of hydrogen-bond acceptors (Lipinski definition) is 11. The standard InChI is InChI=1S/C36H55N5O8/c1-4-23(39-14-8-7-13-38-12-6-5-11-37)10-9-15-40-36(44)41-33-25-19-28-27(48-21-49-28)18-24(25)31(32-26(33)20-47-35(32)43)22-16-29(45-2)34(42)30(17-22)46-3/h16-19,23,26,31-33,35,38-39,42-43H,4-15,20-21,37H2,1-3H3,(H2,40,41,44)/t23?,26-,31+,32-,33+,35?/m0/s1. The second-order valence-corrected chi connectivity index (χ2v) is 13.1. The van der Waals surface area contributed by atoms with Gasteiger partial charge in [-0.25, -0.2) is 4.79 Å². The van der Waals surface area contributed by atoms with Gasteiger partial charge in [0.05, 0.1) is 26.9 Å². The van der Waals surface area contributed by atoms with Crippen molar-refractivity contribution < 1.29 is 38.7 Å². The highest BCUT2D eigenvalue weighted by molar-refractivity contribution is 5.75. The van der Waals surface area contributed by atoms with Crippen molar-refractivity contribution in [3.63, 3.8) is 0 Å². The Balaban J connectivity index is 1.22. The molecule has 2 heterocycles. The van der Waals surface area contributed by atoms with Gasteiger partial charge in [-0.2, -0.15) is 0 Å². The number of ether oxygens (including phenoxy) is 5. The van der Waals surface area contributed by atoms with Crippen molar-refractivity contribution >= 4 is 6.03 Å². The Bertz CT molecular complexity index is 1350. The van der Waals surface area contributed by atoms with E-state index < -0.39 is 18.2 Å². The van der Waals surface area contributed by atoms with E-state index in [9.17, 15) is 15.0 Å². The molecular weight excluding hydrogens is 630 g/mol. The lowest BCUT2D eigenvalue weighted by Crippen LogP contribution is -2.46. The summed E-state index contributed by atoms with van der Waals surface area (Å²) in [6.45, 7) is 6.88. The van der Waals surface area contributed by atoms with E-state index in [1.54, 1.807) is 12.1 Å². The molecule has 6 atom stereocenters. The number of phenols is 1. The quantitative estimate of drug-likeness (QED) is 0.108. The molecule has 49 heavy (non-hydrogen) atoms. The van der Waals surface area contributed by atoms with Crippen LogP contribution in [0.25, 0.3) is 0 Å². The van der Waals surface area contributed by atoms with E-state index in [4.69, 9.17) is 29.4 Å². The SMILES string of the molecule is CCC(CCCNC(=O)N[C@@H]1c2cc3c(cc2[C@@H](c2cc(OC)c(O)c(OC)c2)[C@H]2C(O)OC[C@@H]21)OCO3)NCCCCNCCCCN. The first-order chi connectivity index (χ1) is 23.9. The topological polar surface area (TPSA) is 178 Å². The first kappa shape index (κ1) is 36.8. The molecule has 8 N–H and O–H groups in total. The summed E-state index contributed by atoms with van der Waals surface area (Å²) >= 11 is 0. The molecule has 2 unspecified atom stereocenters. The number of unbranched alkanes of at least 4 members (excludes halogenated alkanes) is 2. The van der Waals surface area contributed by atoms with Crippen LogP contribution in [0.15, 0.2) is 24.3 Å². The number of phenolic OH excluding ortho intramolecular Hbond substituents is 1. The average molecular weight is 686 g/mol. The van der Waals surface area contributed by atoms with Crippen LogP contribution < -0.4 is 45.9 Å². The van der Waals surface area contributed by atoms with Crippen molar-refractivity contribution in [2.75, 3.05) is 60.3 Å². The largest absolute Gasteiger partial charge is 0.502 e. The van der Waals surface area contributed by atoms with Crippen molar-refractivity contribution in [3.8, 4) is 28.7 Å². The normalized spacial score (nSPS) is 22.7. The fourth-order valence-electron chi connectivity index (χ4n) is 7.40. The van der Waals surface area contributed by atoms with Crippen LogP contribution in [0, 0.1) is 11.8 Å². The monoisotopic (exact) mass is 685 g/mol. The number of benzene rings is 2. The molecule has 3 aliphatic rings. The van der Waals surface area contributed by atoms with Crippen molar-refractivity contribution in [2.45, 2.75) is 76.2 Å². The molecule has 2 aliphatic heterocycles. The highest BCUT2D eigenvalue weighted by atomic mass is 16.7. The van der Waals surface area contributed by atoms with Crippen LogP contribution in [0.1, 0.15) is 80.5 Å². The Labute approximate surface area is 289 Å². The van der Waals surface area contributed by atoms with Gasteiger partial charge < -0.3 is 60.9 Å². The molecule has 2 aromatic rings. The molecule has 0 spiro atoms. The van der Waals surface area contributed by atoms with Gasteiger partial charge in [0.1, 0.15) is 0 Å². The predicted molar refractivity (Wildman–Crippen MR) is 186 cm³/mol. The molecule has 5 rings (SSSR count). The van der Waals surface area contributed by atoms with Gasteiger partial charge in [0.25, 0.3) is 0 Å². The average Bonchev–Trinajstić information content (AvgIpc) is 3.73. The number of rotatable bonds is 19. The number of aromatic hydroxyl groups is 1. The van der Waals surface area contributed by atoms with Crippen molar-refractivity contribution in [1.82, 2.24) is 21.3 Å². The lowest BCUT2D eigenvalue weighted by Gasteiger charge is -2.41. The molecule has 2 aromatic carbocycles. The van der Waals surface area contributed by atoms with Crippen LogP contribution in [-0.2, 0) is 4.74 Å². The van der Waals surface area contributed by atoms with Gasteiger partial charge in [0.15, 0.2) is 29.3 Å². The molecule has 13 heteroatoms. The summed E-state index contributed by atoms with van der Waals surface area (Å²) in [4.78, 5) is 13.4. The Kier molecular flexibility index (Phi) is 13.5. The molecule has 0 aromatic heterocycles. The number of hydrogen-bond donors (Lipinski definition) is 7. The highest BCUT2D eigenvalue weighted by Gasteiger charge is 2.52. The van der Waals surface area contributed by atoms with Gasteiger partial charge in [-0.3, -0.25) is 0 Å². The fourth-order valence-corrected chi connectivity index (χ4v) is 7.40. The fraction of sp³-hybridized carbons (Fsp3) is 0.639. The Hall–Kier alpha value is -3.49. The summed E-state index contributed by atoms with van der Waals surface area (Å²) in [6.07, 6.45) is 6.23. The number of fused-ring (bicyclic) bond motifs is 3. The van der Waals surface area contributed by atoms with Crippen LogP contribution >= 0.6 is 0 Å². The smallest absolute Gasteiger partial charge is 0.315 e. The summed E-state index contributed by atoms with van der Waals surface area (Å²) in [5.74, 6) is 0.538. The zero-order chi connectivity index (χ0) is 34.8. The molecule has 13 nitrogen and oxygen atoms in total. The number of methoxy groups -OCH3 is 2. The molecular formula is C36H55N5O8. The summed E-state index contributed by atoms with van der Waals surface area (Å²) in [5.41, 5.74) is 8.03. The zero-order valence-electron chi connectivity index (χ0n) is 29.1. The summed E-state index contributed by atoms with van der Waals surface area (Å²) < 4.78 is 28.3. The van der Waals surface area contributed by atoms with Crippen molar-refractivity contribution in [1.29, 1.82) is 0 Å². The van der Waals surface area contributed by atoms with E-state index in [1.807, 2.05) is 12.1 Å². The van der Waals surface area contributed by atoms with E-state index in [1.165, 1.54) is 14.2 Å². The van der Waals surface area contributed by atoms with E-state index in [2.05, 4.69) is 28.2 Å². The number of aliphatic hydroxyl groups excluding tert-OH is 1. The molecule has 1 saturated heterocycles. The van der Waals surface area contributed by atoms with Crippen LogP contribution in [0.3, 0.4) is 0 Å². The number of carbonyl (C=O) groups excluding carboxylic acids is 1. The Morgan fingerprint density at radius 1 is 0.959 bits per heavy atom. The number of urea groups is 1. The zero-order valence-corrected chi connectivity index (χ0v) is 29.1. The van der Waals surface area contributed by atoms with Crippen molar-refractivity contribution in [2.24, 2.45) is 17.6 Å². The predicted octanol–water partition coefficient (Wildman–Crippen LogP) is 3.46. The summed E-state index contributed by atoms with van der Waals surface area (Å²) in [5, 5.41) is 35.2. The number of nitrogens with two attached hydrogens (primary N) is 1. The van der Waals surface area contributed by atoms with E-state index >= 15 is 0 Å². The van der Waals surface area contributed by atoms with Gasteiger partial charge in [0, 0.05) is 30.3 Å². The molecule has 1 aliphatic carbocycles. The van der Waals surface area contributed by atoms with Crippen LogP contribution in [-0.4, -0.2) is 88.9 Å². The molecule has 1 fully saturated rings. The van der Waals surface area contributed by atoms with Gasteiger partial charge in [-0.05, 0) is 112 Å². The van der Waals surface area contributed by atoms with Gasteiger partial charge in [-0.1, -0.05) is 6.92 Å². The van der Waals surface area contributed by atoms with Gasteiger partial charge in [-0.15, -0.1) is 0 Å². The maximum atomic E-state index is 13.4. The summed E-state index contributed by atoms with van der Waals surface area (Å²) in [6, 6.07) is 7.01. The third-order valence-corrected chi connectivity index (χ3v) is 10.0. The second-order valence-electron chi connectivity index (χ2n) is 13.1. The minimum atomic E-state index is -1.08. The molecule has 0 radical (unpaired) electrons. The molecule has 0 bridgehead atoms. The van der Waals surface area contributed by atoms with Crippen LogP contribution in [0.2, 0.25) is 0 Å². The van der Waals surface area contributed by atoms with Crippen molar-refractivity contribution in [3.05, 3.63) is 41.0 Å². The maximum Gasteiger partial charge on any atom is 0.315 e. The number of aliphatic hydroxyl groups is 1. The minimum Gasteiger partial charge on any atom is -0.502 e. The third-order valence-electron chi connectivity index (χ3n) is 10.0. The number of amides is 2. The van der Waals surface area contributed by atoms with E-state index in [-0.39, 0.29) is 48.5 Å². The van der Waals surface area contributed by atoms with Crippen LogP contribution in [0.4, 0.5) is 4.79 Å². The third kappa shape index (κ3) is 8.82. The van der Waals surface area contributed by atoms with Gasteiger partial charge in [0.2, 0.25) is 12.5 Å². The first-order valence-electron chi connectivity index (χ1n) is 17.8. The van der Waals surface area contributed by atoms with Gasteiger partial charge >= 0.3 is 6.03 Å². The lowest BCUT2D eigenvalue weighted by molar-refractivity contribution is -0.0855. The Morgan fingerprint density at radius 2 is 1.63 bits per heavy atom. The van der Waals surface area contributed by atoms with Crippen LogP contribution in [0.5, 0.6) is 28.7 Å². The maximum absolute atomic E-state index is 13.4. The molecule has 0 saturated carbocycles. The second kappa shape index (κ2) is 18.0. The highest BCUT2D eigenvalue weighted by Crippen LogP contribution is 2.56. The molecule has 2 amide bonds. The van der Waals surface area contributed by atoms with E-state index in [0.717, 1.165) is 87.8 Å². The van der Waals surface area contributed by atoms with E-state index in [0.29, 0.717) is 24.1 Å². The number of carbonyl (C=O) groups is 1. The molecule has 272 valence electrons. The summed E-state index contributed by atoms with van der Waals surface area (Å²) in [7, 11) is 2.96. The Morgan fingerprint density at radius 3 is 2.31 bits per heavy atom.